The van der Waals surface area contributed by atoms with Crippen molar-refractivity contribution < 1.29 is 4.74 Å². The third kappa shape index (κ3) is 2.56. The molecule has 0 fully saturated rings. The van der Waals surface area contributed by atoms with Crippen LogP contribution in [0.4, 0.5) is 11.4 Å². The number of fused-ring (bicyclic) bond motifs is 4. The topological polar surface area (TPSA) is 33.6 Å². The van der Waals surface area contributed by atoms with Crippen molar-refractivity contribution in [1.82, 2.24) is 0 Å². The molecule has 1 unspecified atom stereocenters. The fourth-order valence-corrected chi connectivity index (χ4v) is 5.08. The minimum atomic E-state index is -0.748. The molecule has 4 aromatic carbocycles. The van der Waals surface area contributed by atoms with Gasteiger partial charge >= 0.3 is 0 Å². The van der Waals surface area contributed by atoms with E-state index < -0.39 is 5.72 Å². The van der Waals surface area contributed by atoms with Gasteiger partial charge in [0.1, 0.15) is 11.4 Å². The molecule has 2 aliphatic rings. The van der Waals surface area contributed by atoms with E-state index in [0.29, 0.717) is 6.42 Å². The van der Waals surface area contributed by atoms with Gasteiger partial charge in [-0.1, -0.05) is 78.9 Å². The average Bonchev–Trinajstić information content (AvgIpc) is 3.02. The van der Waals surface area contributed by atoms with Crippen molar-refractivity contribution >= 4 is 27.9 Å². The number of nitrogens with one attached hydrogen (secondary N) is 1. The summed E-state index contributed by atoms with van der Waals surface area (Å²) in [5.41, 5.74) is 4.45. The van der Waals surface area contributed by atoms with Crippen LogP contribution in [0.3, 0.4) is 0 Å². The highest BCUT2D eigenvalue weighted by Crippen LogP contribution is 2.53. The Kier molecular flexibility index (Phi) is 3.79. The van der Waals surface area contributed by atoms with Crippen LogP contribution >= 0.6 is 0 Å². The molecule has 1 spiro atoms. The number of rotatable bonds is 2. The molecule has 3 nitrogen and oxygen atoms in total. The highest BCUT2D eigenvalue weighted by Gasteiger charge is 2.59. The van der Waals surface area contributed by atoms with Gasteiger partial charge in [0.25, 0.3) is 0 Å². The third-order valence-corrected chi connectivity index (χ3v) is 6.79. The molecule has 0 radical (unpaired) electrons. The van der Waals surface area contributed by atoms with E-state index >= 15 is 0 Å². The van der Waals surface area contributed by atoms with E-state index in [0.717, 1.165) is 28.2 Å². The van der Waals surface area contributed by atoms with Crippen LogP contribution in [0, 0.1) is 0 Å². The fraction of sp³-hybridized carbons (Fsp3) is 0.179. The molecule has 0 aromatic heterocycles. The molecule has 1 atom stereocenters. The number of hydrogen-bond acceptors (Lipinski definition) is 3. The third-order valence-electron chi connectivity index (χ3n) is 6.79. The van der Waals surface area contributed by atoms with Gasteiger partial charge in [0.2, 0.25) is 5.72 Å². The lowest BCUT2D eigenvalue weighted by Crippen LogP contribution is -2.61. The lowest BCUT2D eigenvalue weighted by atomic mass is 9.74. The quantitative estimate of drug-likeness (QED) is 0.406. The van der Waals surface area contributed by atoms with Gasteiger partial charge in [0.05, 0.1) is 11.1 Å². The van der Waals surface area contributed by atoms with Gasteiger partial charge < -0.3 is 10.1 Å². The summed E-state index contributed by atoms with van der Waals surface area (Å²) >= 11 is 0. The van der Waals surface area contributed by atoms with Crippen molar-refractivity contribution in [2.45, 2.75) is 31.4 Å². The van der Waals surface area contributed by atoms with E-state index in [1.807, 2.05) is 0 Å². The summed E-state index contributed by atoms with van der Waals surface area (Å²) in [6, 6.07) is 31.6. The summed E-state index contributed by atoms with van der Waals surface area (Å²) in [5.74, 6) is 0.823. The number of para-hydroxylation sites is 1. The van der Waals surface area contributed by atoms with Gasteiger partial charge in [-0.3, -0.25) is 0 Å². The smallest absolute Gasteiger partial charge is 0.229 e. The zero-order valence-corrected chi connectivity index (χ0v) is 17.7. The van der Waals surface area contributed by atoms with E-state index in [9.17, 15) is 0 Å². The van der Waals surface area contributed by atoms with Crippen LogP contribution in [-0.2, 0) is 11.8 Å². The first-order valence-corrected chi connectivity index (χ1v) is 10.8. The van der Waals surface area contributed by atoms with Crippen molar-refractivity contribution in [3.05, 3.63) is 102 Å². The summed E-state index contributed by atoms with van der Waals surface area (Å²) in [5, 5.41) is 6.04. The predicted molar refractivity (Wildman–Crippen MR) is 128 cm³/mol. The monoisotopic (exact) mass is 404 g/mol. The standard InChI is InChI=1S/C28H24N2O/c1-27(2)22-14-8-9-15-23(22)30-28(27)25(18-19-10-4-3-5-11-19)29-26-21-13-7-6-12-20(21)16-17-24(26)31-28/h3-17,30H,18H2,1-2H3. The number of ether oxygens (including phenoxy) is 1. The normalized spacial score (nSPS) is 20.5. The lowest BCUT2D eigenvalue weighted by molar-refractivity contribution is 0.0998. The Bertz CT molecular complexity index is 1340. The molecular weight excluding hydrogens is 380 g/mol. The average molecular weight is 405 g/mol. The molecule has 0 bridgehead atoms. The minimum Gasteiger partial charge on any atom is -0.459 e. The molecule has 31 heavy (non-hydrogen) atoms. The van der Waals surface area contributed by atoms with Gasteiger partial charge in [-0.05, 0) is 42.5 Å². The summed E-state index contributed by atoms with van der Waals surface area (Å²) in [6.07, 6.45) is 0.716. The van der Waals surface area contributed by atoms with Crippen molar-refractivity contribution in [1.29, 1.82) is 0 Å². The summed E-state index contributed by atoms with van der Waals surface area (Å²) in [4.78, 5) is 5.31. The van der Waals surface area contributed by atoms with Crippen LogP contribution in [0.5, 0.6) is 5.75 Å². The summed E-state index contributed by atoms with van der Waals surface area (Å²) in [6.45, 7) is 4.50. The van der Waals surface area contributed by atoms with E-state index in [-0.39, 0.29) is 5.41 Å². The Balaban J connectivity index is 1.59. The van der Waals surface area contributed by atoms with Crippen molar-refractivity contribution in [3.63, 3.8) is 0 Å². The van der Waals surface area contributed by atoms with E-state index in [1.54, 1.807) is 0 Å². The fourth-order valence-electron chi connectivity index (χ4n) is 5.08. The van der Waals surface area contributed by atoms with Gasteiger partial charge in [-0.15, -0.1) is 0 Å². The second kappa shape index (κ2) is 6.45. The molecule has 4 aromatic rings. The molecule has 0 saturated carbocycles. The van der Waals surface area contributed by atoms with Gasteiger partial charge in [0, 0.05) is 17.5 Å². The number of hydrogen-bond donors (Lipinski definition) is 1. The molecule has 152 valence electrons. The lowest BCUT2D eigenvalue weighted by Gasteiger charge is -2.44. The minimum absolute atomic E-state index is 0.305. The first-order valence-electron chi connectivity index (χ1n) is 10.8. The Hall–Kier alpha value is -3.59. The zero-order valence-electron chi connectivity index (χ0n) is 17.7. The number of aliphatic imine (C=N–C) groups is 1. The van der Waals surface area contributed by atoms with Crippen LogP contribution in [-0.4, -0.2) is 11.4 Å². The molecule has 3 heteroatoms. The number of benzene rings is 4. The van der Waals surface area contributed by atoms with Crippen LogP contribution < -0.4 is 10.1 Å². The number of anilines is 1. The second-order valence-corrected chi connectivity index (χ2v) is 8.93. The predicted octanol–water partition coefficient (Wildman–Crippen LogP) is 6.65. The molecular formula is C28H24N2O. The zero-order chi connectivity index (χ0) is 21.1. The van der Waals surface area contributed by atoms with Gasteiger partial charge in [-0.2, -0.15) is 0 Å². The molecule has 0 aliphatic carbocycles. The first-order chi connectivity index (χ1) is 15.1. The first kappa shape index (κ1) is 18.2. The molecule has 0 saturated heterocycles. The van der Waals surface area contributed by atoms with E-state index in [1.165, 1.54) is 16.5 Å². The number of nitrogens with zero attached hydrogens (tertiary/aromatic N) is 1. The van der Waals surface area contributed by atoms with E-state index in [2.05, 4.69) is 110 Å². The Morgan fingerprint density at radius 1 is 0.806 bits per heavy atom. The van der Waals surface area contributed by atoms with Crippen molar-refractivity contribution in [2.75, 3.05) is 5.32 Å². The van der Waals surface area contributed by atoms with Crippen LogP contribution in [0.2, 0.25) is 0 Å². The van der Waals surface area contributed by atoms with Crippen molar-refractivity contribution in [2.24, 2.45) is 4.99 Å². The summed E-state index contributed by atoms with van der Waals surface area (Å²) in [7, 11) is 0. The molecule has 2 aliphatic heterocycles. The largest absolute Gasteiger partial charge is 0.459 e. The Labute approximate surface area is 182 Å². The second-order valence-electron chi connectivity index (χ2n) is 8.93. The summed E-state index contributed by atoms with van der Waals surface area (Å²) < 4.78 is 6.93. The van der Waals surface area contributed by atoms with Crippen LogP contribution in [0.15, 0.2) is 96.0 Å². The van der Waals surface area contributed by atoms with Gasteiger partial charge in [0.15, 0.2) is 0 Å². The maximum Gasteiger partial charge on any atom is 0.229 e. The molecule has 1 N–H and O–H groups in total. The van der Waals surface area contributed by atoms with E-state index in [4.69, 9.17) is 9.73 Å². The maximum atomic E-state index is 6.93. The molecule has 2 heterocycles. The van der Waals surface area contributed by atoms with Crippen LogP contribution in [0.1, 0.15) is 25.0 Å². The maximum absolute atomic E-state index is 6.93. The highest BCUT2D eigenvalue weighted by atomic mass is 16.5. The highest BCUT2D eigenvalue weighted by molar-refractivity contribution is 6.07. The SMILES string of the molecule is CC1(C)c2ccccc2NC12Oc1ccc3ccccc3c1N=C2Cc1ccccc1. The van der Waals surface area contributed by atoms with Crippen LogP contribution in [0.25, 0.3) is 10.8 Å². The van der Waals surface area contributed by atoms with Gasteiger partial charge in [-0.25, -0.2) is 4.99 Å². The Morgan fingerprint density at radius 2 is 1.55 bits per heavy atom. The Morgan fingerprint density at radius 3 is 2.39 bits per heavy atom. The van der Waals surface area contributed by atoms with Crippen molar-refractivity contribution in [3.8, 4) is 5.75 Å². The molecule has 0 amide bonds. The molecule has 6 rings (SSSR count).